The molecule has 0 amide bonds. The van der Waals surface area contributed by atoms with Crippen molar-refractivity contribution >= 4 is 51.0 Å². The molecular formula is C38H33IN2. The van der Waals surface area contributed by atoms with Gasteiger partial charge in [-0.15, -0.1) is 0 Å². The Morgan fingerprint density at radius 3 is 1.46 bits per heavy atom. The standard InChI is InChI=1S/C38H33IN2/c1-28-8-6-12-37(26-28)40(33-10-4-3-5-11-33)34-20-14-30(15-21-34)31-16-22-35(23-17-31)41(36-24-18-32(39)19-25-36)38-13-7-9-29(2)27-38/h3-18,20-24,26-27H,19,25H2,1-2H3. The predicted molar refractivity (Wildman–Crippen MR) is 184 cm³/mol. The van der Waals surface area contributed by atoms with Crippen molar-refractivity contribution in [3.8, 4) is 11.1 Å². The Labute approximate surface area is 257 Å². The molecule has 5 aromatic carbocycles. The molecule has 6 rings (SSSR count). The number of hydrogen-bond donors (Lipinski definition) is 0. The lowest BCUT2D eigenvalue weighted by Crippen LogP contribution is -2.17. The van der Waals surface area contributed by atoms with Crippen molar-refractivity contribution in [2.75, 3.05) is 9.80 Å². The van der Waals surface area contributed by atoms with Crippen LogP contribution in [0.1, 0.15) is 24.0 Å². The molecule has 0 radical (unpaired) electrons. The van der Waals surface area contributed by atoms with E-state index >= 15 is 0 Å². The summed E-state index contributed by atoms with van der Waals surface area (Å²) < 4.78 is 1.41. The fraction of sp³-hybridized carbons (Fsp3) is 0.105. The van der Waals surface area contributed by atoms with E-state index in [9.17, 15) is 0 Å². The van der Waals surface area contributed by atoms with E-state index in [1.807, 2.05) is 0 Å². The normalized spacial score (nSPS) is 12.9. The zero-order valence-electron chi connectivity index (χ0n) is 23.5. The number of benzene rings is 5. The molecule has 0 unspecified atom stereocenters. The average Bonchev–Trinajstić information content (AvgIpc) is 3.00. The second kappa shape index (κ2) is 12.2. The van der Waals surface area contributed by atoms with E-state index in [0.717, 1.165) is 29.9 Å². The highest BCUT2D eigenvalue weighted by molar-refractivity contribution is 14.1. The van der Waals surface area contributed by atoms with E-state index in [1.165, 1.54) is 42.9 Å². The highest BCUT2D eigenvalue weighted by Crippen LogP contribution is 2.38. The van der Waals surface area contributed by atoms with Crippen molar-refractivity contribution in [3.05, 3.63) is 160 Å². The van der Waals surface area contributed by atoms with E-state index in [2.05, 4.69) is 186 Å². The smallest absolute Gasteiger partial charge is 0.0464 e. The van der Waals surface area contributed by atoms with Crippen LogP contribution in [0.2, 0.25) is 0 Å². The van der Waals surface area contributed by atoms with Gasteiger partial charge >= 0.3 is 0 Å². The summed E-state index contributed by atoms with van der Waals surface area (Å²) in [6.07, 6.45) is 6.63. The van der Waals surface area contributed by atoms with Crippen molar-refractivity contribution in [1.82, 2.24) is 0 Å². The lowest BCUT2D eigenvalue weighted by Gasteiger charge is -2.29. The highest BCUT2D eigenvalue weighted by atomic mass is 127. The fourth-order valence-electron chi connectivity index (χ4n) is 5.43. The molecule has 3 heteroatoms. The minimum atomic E-state index is 1.03. The monoisotopic (exact) mass is 644 g/mol. The van der Waals surface area contributed by atoms with Crippen LogP contribution >= 0.6 is 22.6 Å². The van der Waals surface area contributed by atoms with Gasteiger partial charge in [-0.25, -0.2) is 0 Å². The Bertz CT molecular complexity index is 1700. The molecule has 0 fully saturated rings. The molecule has 0 bridgehead atoms. The molecule has 0 spiro atoms. The molecular weight excluding hydrogens is 611 g/mol. The number of halogens is 1. The van der Waals surface area contributed by atoms with Gasteiger partial charge in [0.15, 0.2) is 0 Å². The number of rotatable bonds is 7. The SMILES string of the molecule is Cc1cccc(N(C2=CC=C(I)CC2)c2ccc(-c3ccc(N(c4ccccc4)c4cccc(C)c4)cc3)cc2)c1. The van der Waals surface area contributed by atoms with Gasteiger partial charge in [-0.3, -0.25) is 0 Å². The fourth-order valence-corrected chi connectivity index (χ4v) is 5.88. The largest absolute Gasteiger partial charge is 0.314 e. The van der Waals surface area contributed by atoms with Crippen LogP contribution in [0.25, 0.3) is 11.1 Å². The molecule has 0 saturated carbocycles. The molecule has 0 heterocycles. The van der Waals surface area contributed by atoms with Crippen molar-refractivity contribution in [2.24, 2.45) is 0 Å². The second-order valence-electron chi connectivity index (χ2n) is 10.5. The third-order valence-electron chi connectivity index (χ3n) is 7.48. The molecule has 1 aliphatic carbocycles. The Balaban J connectivity index is 1.31. The Hall–Kier alpha value is -4.09. The summed E-state index contributed by atoms with van der Waals surface area (Å²) in [4.78, 5) is 4.71. The van der Waals surface area contributed by atoms with Crippen molar-refractivity contribution in [1.29, 1.82) is 0 Å². The summed E-state index contributed by atoms with van der Waals surface area (Å²) in [5.74, 6) is 0. The van der Waals surface area contributed by atoms with Gasteiger partial charge in [-0.2, -0.15) is 0 Å². The first kappa shape index (κ1) is 27.1. The minimum absolute atomic E-state index is 1.03. The zero-order valence-corrected chi connectivity index (χ0v) is 25.6. The van der Waals surface area contributed by atoms with Gasteiger partial charge in [0.1, 0.15) is 0 Å². The van der Waals surface area contributed by atoms with E-state index in [4.69, 9.17) is 0 Å². The number of nitrogens with zero attached hydrogens (tertiary/aromatic N) is 2. The number of aryl methyl sites for hydroxylation is 2. The summed E-state index contributed by atoms with van der Waals surface area (Å²) in [5, 5.41) is 0. The Morgan fingerprint density at radius 1 is 0.463 bits per heavy atom. The summed E-state index contributed by atoms with van der Waals surface area (Å²) in [5.41, 5.74) is 12.1. The average molecular weight is 645 g/mol. The Morgan fingerprint density at radius 2 is 0.951 bits per heavy atom. The molecule has 0 aromatic heterocycles. The van der Waals surface area contributed by atoms with E-state index in [1.54, 1.807) is 0 Å². The first-order valence-corrected chi connectivity index (χ1v) is 15.2. The molecule has 0 aliphatic heterocycles. The third-order valence-corrected chi connectivity index (χ3v) is 8.38. The van der Waals surface area contributed by atoms with Gasteiger partial charge in [-0.05, 0) is 142 Å². The molecule has 0 N–H and O–H groups in total. The molecule has 41 heavy (non-hydrogen) atoms. The van der Waals surface area contributed by atoms with Crippen LogP contribution in [0.3, 0.4) is 0 Å². The molecule has 0 atom stereocenters. The maximum absolute atomic E-state index is 2.44. The minimum Gasteiger partial charge on any atom is -0.314 e. The Kier molecular flexibility index (Phi) is 8.06. The second-order valence-corrected chi connectivity index (χ2v) is 11.9. The predicted octanol–water partition coefficient (Wildman–Crippen LogP) is 11.6. The summed E-state index contributed by atoms with van der Waals surface area (Å²) in [6.45, 7) is 4.30. The molecule has 202 valence electrons. The quantitative estimate of drug-likeness (QED) is 0.163. The lowest BCUT2D eigenvalue weighted by atomic mass is 10.0. The van der Waals surface area contributed by atoms with Gasteiger partial charge in [0.25, 0.3) is 0 Å². The number of hydrogen-bond acceptors (Lipinski definition) is 2. The highest BCUT2D eigenvalue weighted by Gasteiger charge is 2.17. The van der Waals surface area contributed by atoms with E-state index in [0.29, 0.717) is 0 Å². The third kappa shape index (κ3) is 6.15. The van der Waals surface area contributed by atoms with Crippen LogP contribution < -0.4 is 9.80 Å². The zero-order chi connectivity index (χ0) is 28.2. The van der Waals surface area contributed by atoms with Crippen LogP contribution in [0.15, 0.2) is 149 Å². The lowest BCUT2D eigenvalue weighted by molar-refractivity contribution is 0.913. The molecule has 5 aromatic rings. The van der Waals surface area contributed by atoms with Crippen LogP contribution in [0.5, 0.6) is 0 Å². The van der Waals surface area contributed by atoms with Gasteiger partial charge in [0, 0.05) is 34.1 Å². The molecule has 0 saturated heterocycles. The maximum atomic E-state index is 2.44. The van der Waals surface area contributed by atoms with E-state index < -0.39 is 0 Å². The topological polar surface area (TPSA) is 6.48 Å². The first-order valence-electron chi connectivity index (χ1n) is 14.1. The van der Waals surface area contributed by atoms with Crippen LogP contribution in [-0.2, 0) is 0 Å². The first-order chi connectivity index (χ1) is 20.0. The maximum Gasteiger partial charge on any atom is 0.0464 e. The van der Waals surface area contributed by atoms with Gasteiger partial charge in [0.2, 0.25) is 0 Å². The summed E-state index contributed by atoms with van der Waals surface area (Å²) >= 11 is 2.44. The van der Waals surface area contributed by atoms with Crippen molar-refractivity contribution < 1.29 is 0 Å². The summed E-state index contributed by atoms with van der Waals surface area (Å²) in [6, 6.07) is 45.9. The van der Waals surface area contributed by atoms with Gasteiger partial charge in [-0.1, -0.05) is 72.8 Å². The van der Waals surface area contributed by atoms with Crippen molar-refractivity contribution in [2.45, 2.75) is 26.7 Å². The van der Waals surface area contributed by atoms with Gasteiger partial charge < -0.3 is 9.80 Å². The molecule has 2 nitrogen and oxygen atoms in total. The number of anilines is 5. The van der Waals surface area contributed by atoms with Crippen LogP contribution in [-0.4, -0.2) is 0 Å². The van der Waals surface area contributed by atoms with E-state index in [-0.39, 0.29) is 0 Å². The van der Waals surface area contributed by atoms with Crippen LogP contribution in [0.4, 0.5) is 28.4 Å². The van der Waals surface area contributed by atoms with Gasteiger partial charge in [0.05, 0.1) is 0 Å². The summed E-state index contributed by atoms with van der Waals surface area (Å²) in [7, 11) is 0. The molecule has 1 aliphatic rings. The van der Waals surface area contributed by atoms with Crippen molar-refractivity contribution in [3.63, 3.8) is 0 Å². The number of allylic oxidation sites excluding steroid dienone is 4. The van der Waals surface area contributed by atoms with Crippen LogP contribution in [0, 0.1) is 13.8 Å². The number of para-hydroxylation sites is 1.